The van der Waals surface area contributed by atoms with Crippen LogP contribution < -0.4 is 15.5 Å². The average molecular weight is 255 g/mol. The Kier molecular flexibility index (Phi) is 3.56. The summed E-state index contributed by atoms with van der Waals surface area (Å²) in [6, 6.07) is 9.86. The van der Waals surface area contributed by atoms with Gasteiger partial charge < -0.3 is 15.5 Å². The van der Waals surface area contributed by atoms with E-state index in [1.165, 1.54) is 5.69 Å². The van der Waals surface area contributed by atoms with Gasteiger partial charge in [-0.05, 0) is 24.3 Å². The fraction of sp³-hybridized carbons (Fsp3) is 0.286. The van der Waals surface area contributed by atoms with E-state index in [4.69, 9.17) is 0 Å². The fourth-order valence-electron chi connectivity index (χ4n) is 2.14. The van der Waals surface area contributed by atoms with Gasteiger partial charge in [-0.1, -0.05) is 6.07 Å². The standard InChI is InChI=1S/C14H17N5/c1-2-6-16-13(3-1)18-14-5-4-12(11-17-14)19-9-7-15-8-10-19/h1-6,11,15H,7-10H2,(H,16,17,18). The molecule has 0 atom stereocenters. The first-order valence-corrected chi connectivity index (χ1v) is 6.51. The van der Waals surface area contributed by atoms with Crippen LogP contribution in [0, 0.1) is 0 Å². The van der Waals surface area contributed by atoms with Crippen molar-refractivity contribution < 1.29 is 0 Å². The highest BCUT2D eigenvalue weighted by atomic mass is 15.2. The quantitative estimate of drug-likeness (QED) is 0.873. The third-order valence-electron chi connectivity index (χ3n) is 3.15. The molecule has 2 aromatic heterocycles. The van der Waals surface area contributed by atoms with Crippen LogP contribution in [-0.2, 0) is 0 Å². The molecule has 1 aliphatic rings. The summed E-state index contributed by atoms with van der Waals surface area (Å²) in [5, 5.41) is 6.53. The second-order valence-electron chi connectivity index (χ2n) is 4.48. The Labute approximate surface area is 112 Å². The first kappa shape index (κ1) is 11.9. The topological polar surface area (TPSA) is 53.1 Å². The number of aromatic nitrogens is 2. The molecule has 3 heterocycles. The van der Waals surface area contributed by atoms with Gasteiger partial charge in [-0.3, -0.25) is 0 Å². The largest absolute Gasteiger partial charge is 0.368 e. The van der Waals surface area contributed by atoms with Crippen molar-refractivity contribution in [1.82, 2.24) is 15.3 Å². The van der Waals surface area contributed by atoms with Crippen LogP contribution in [0.5, 0.6) is 0 Å². The zero-order valence-electron chi connectivity index (χ0n) is 10.7. The van der Waals surface area contributed by atoms with E-state index < -0.39 is 0 Å². The maximum Gasteiger partial charge on any atom is 0.131 e. The molecule has 0 aromatic carbocycles. The minimum Gasteiger partial charge on any atom is -0.368 e. The Bertz CT molecular complexity index is 505. The maximum atomic E-state index is 4.44. The van der Waals surface area contributed by atoms with E-state index in [9.17, 15) is 0 Å². The number of hydrogen-bond donors (Lipinski definition) is 2. The predicted octanol–water partition coefficient (Wildman–Crippen LogP) is 1.63. The van der Waals surface area contributed by atoms with Crippen molar-refractivity contribution in [2.75, 3.05) is 36.4 Å². The molecule has 0 radical (unpaired) electrons. The Balaban J connectivity index is 1.68. The van der Waals surface area contributed by atoms with E-state index >= 15 is 0 Å². The first-order chi connectivity index (χ1) is 9.42. The van der Waals surface area contributed by atoms with Gasteiger partial charge in [0.2, 0.25) is 0 Å². The van der Waals surface area contributed by atoms with Crippen molar-refractivity contribution >= 4 is 17.3 Å². The summed E-state index contributed by atoms with van der Waals surface area (Å²) in [4.78, 5) is 11.0. The number of nitrogens with one attached hydrogen (secondary N) is 2. The molecule has 5 heteroatoms. The zero-order chi connectivity index (χ0) is 12.9. The molecule has 5 nitrogen and oxygen atoms in total. The number of anilines is 3. The summed E-state index contributed by atoms with van der Waals surface area (Å²) in [7, 11) is 0. The molecule has 0 aliphatic carbocycles. The summed E-state index contributed by atoms with van der Waals surface area (Å²) in [6.45, 7) is 4.14. The van der Waals surface area contributed by atoms with E-state index in [2.05, 4.69) is 31.6 Å². The highest BCUT2D eigenvalue weighted by molar-refractivity contribution is 5.55. The molecular weight excluding hydrogens is 238 g/mol. The van der Waals surface area contributed by atoms with Gasteiger partial charge in [0.15, 0.2) is 0 Å². The molecule has 1 fully saturated rings. The first-order valence-electron chi connectivity index (χ1n) is 6.51. The van der Waals surface area contributed by atoms with Crippen LogP contribution in [0.1, 0.15) is 0 Å². The van der Waals surface area contributed by atoms with E-state index in [-0.39, 0.29) is 0 Å². The van der Waals surface area contributed by atoms with Gasteiger partial charge >= 0.3 is 0 Å². The Hall–Kier alpha value is -2.14. The predicted molar refractivity (Wildman–Crippen MR) is 76.8 cm³/mol. The molecule has 1 aliphatic heterocycles. The fourth-order valence-corrected chi connectivity index (χ4v) is 2.14. The smallest absolute Gasteiger partial charge is 0.131 e. The van der Waals surface area contributed by atoms with Crippen molar-refractivity contribution in [3.05, 3.63) is 42.7 Å². The molecule has 2 N–H and O–H groups in total. The molecule has 19 heavy (non-hydrogen) atoms. The highest BCUT2D eigenvalue weighted by Crippen LogP contribution is 2.17. The molecule has 0 bridgehead atoms. The Morgan fingerprint density at radius 3 is 2.53 bits per heavy atom. The van der Waals surface area contributed by atoms with Gasteiger partial charge in [0, 0.05) is 32.4 Å². The average Bonchev–Trinajstić information content (AvgIpc) is 2.50. The van der Waals surface area contributed by atoms with Crippen molar-refractivity contribution in [2.24, 2.45) is 0 Å². The normalized spacial score (nSPS) is 15.3. The molecule has 0 saturated carbocycles. The van der Waals surface area contributed by atoms with E-state index in [0.29, 0.717) is 0 Å². The lowest BCUT2D eigenvalue weighted by atomic mass is 10.3. The van der Waals surface area contributed by atoms with Gasteiger partial charge in [-0.2, -0.15) is 0 Å². The highest BCUT2D eigenvalue weighted by Gasteiger charge is 2.10. The SMILES string of the molecule is c1ccc(Nc2ccc(N3CCNCC3)cn2)nc1. The van der Waals surface area contributed by atoms with E-state index in [1.54, 1.807) is 6.20 Å². The minimum absolute atomic E-state index is 0.810. The van der Waals surface area contributed by atoms with Crippen LogP contribution in [0.15, 0.2) is 42.7 Å². The van der Waals surface area contributed by atoms with Crippen LogP contribution in [0.4, 0.5) is 17.3 Å². The lowest BCUT2D eigenvalue weighted by molar-refractivity contribution is 0.589. The van der Waals surface area contributed by atoms with E-state index in [0.717, 1.165) is 37.8 Å². The number of nitrogens with zero attached hydrogens (tertiary/aromatic N) is 3. The summed E-state index contributed by atoms with van der Waals surface area (Å²) in [5.74, 6) is 1.63. The lowest BCUT2D eigenvalue weighted by Gasteiger charge is -2.29. The van der Waals surface area contributed by atoms with Gasteiger partial charge in [-0.15, -0.1) is 0 Å². The summed E-state index contributed by atoms with van der Waals surface area (Å²) < 4.78 is 0. The molecule has 2 aromatic rings. The number of hydrogen-bond acceptors (Lipinski definition) is 5. The van der Waals surface area contributed by atoms with Gasteiger partial charge in [0.05, 0.1) is 11.9 Å². The molecule has 1 saturated heterocycles. The second-order valence-corrected chi connectivity index (χ2v) is 4.48. The Morgan fingerprint density at radius 1 is 1.00 bits per heavy atom. The molecule has 98 valence electrons. The summed E-state index contributed by atoms with van der Waals surface area (Å²) >= 11 is 0. The Morgan fingerprint density at radius 2 is 1.84 bits per heavy atom. The summed E-state index contributed by atoms with van der Waals surface area (Å²) in [5.41, 5.74) is 1.17. The van der Waals surface area contributed by atoms with Crippen LogP contribution in [-0.4, -0.2) is 36.1 Å². The third kappa shape index (κ3) is 3.00. The van der Waals surface area contributed by atoms with Gasteiger partial charge in [0.25, 0.3) is 0 Å². The van der Waals surface area contributed by atoms with Gasteiger partial charge in [-0.25, -0.2) is 9.97 Å². The van der Waals surface area contributed by atoms with Crippen molar-refractivity contribution in [3.63, 3.8) is 0 Å². The number of rotatable bonds is 3. The van der Waals surface area contributed by atoms with Gasteiger partial charge in [0.1, 0.15) is 11.6 Å². The number of pyridine rings is 2. The summed E-state index contributed by atoms with van der Waals surface area (Å²) in [6.07, 6.45) is 3.67. The van der Waals surface area contributed by atoms with Crippen molar-refractivity contribution in [1.29, 1.82) is 0 Å². The van der Waals surface area contributed by atoms with Crippen LogP contribution in [0.2, 0.25) is 0 Å². The third-order valence-corrected chi connectivity index (χ3v) is 3.15. The van der Waals surface area contributed by atoms with Crippen LogP contribution in [0.3, 0.4) is 0 Å². The minimum atomic E-state index is 0.810. The maximum absolute atomic E-state index is 4.44. The van der Waals surface area contributed by atoms with Crippen molar-refractivity contribution in [3.8, 4) is 0 Å². The molecule has 3 rings (SSSR count). The molecule has 0 unspecified atom stereocenters. The molecule has 0 amide bonds. The van der Waals surface area contributed by atoms with Crippen LogP contribution >= 0.6 is 0 Å². The van der Waals surface area contributed by atoms with Crippen molar-refractivity contribution in [2.45, 2.75) is 0 Å². The number of piperazine rings is 1. The lowest BCUT2D eigenvalue weighted by Crippen LogP contribution is -2.43. The van der Waals surface area contributed by atoms with Crippen LogP contribution in [0.25, 0.3) is 0 Å². The zero-order valence-corrected chi connectivity index (χ0v) is 10.7. The monoisotopic (exact) mass is 255 g/mol. The van der Waals surface area contributed by atoms with E-state index in [1.807, 2.05) is 30.5 Å². The second kappa shape index (κ2) is 5.67. The molecule has 0 spiro atoms. The molecular formula is C14H17N5.